The van der Waals surface area contributed by atoms with Gasteiger partial charge in [-0.05, 0) is 44.0 Å². The molecule has 0 aromatic heterocycles. The number of hydrogen-bond acceptors (Lipinski definition) is 3. The number of nitrogens with one attached hydrogen (secondary N) is 1. The Bertz CT molecular complexity index is 382. The molecule has 0 aliphatic heterocycles. The zero-order chi connectivity index (χ0) is 13.7. The zero-order valence-electron chi connectivity index (χ0n) is 12.0. The molecule has 1 saturated carbocycles. The van der Waals surface area contributed by atoms with E-state index in [1.54, 1.807) is 7.11 Å². The lowest BCUT2D eigenvalue weighted by Crippen LogP contribution is -2.36. The predicted molar refractivity (Wildman–Crippen MR) is 77.4 cm³/mol. The second kappa shape index (κ2) is 6.40. The molecule has 0 unspecified atom stereocenters. The van der Waals surface area contributed by atoms with E-state index >= 15 is 0 Å². The number of ether oxygens (including phenoxy) is 1. The van der Waals surface area contributed by atoms with Gasteiger partial charge in [-0.1, -0.05) is 31.4 Å². The SMILES string of the molecule is CN[C@H](CC1(O)CCCCC1)c1ccc(OC)cc1. The van der Waals surface area contributed by atoms with Gasteiger partial charge in [0, 0.05) is 6.04 Å². The Balaban J connectivity index is 2.06. The minimum absolute atomic E-state index is 0.203. The largest absolute Gasteiger partial charge is 0.497 e. The summed E-state index contributed by atoms with van der Waals surface area (Å²) in [5.74, 6) is 0.870. The highest BCUT2D eigenvalue weighted by molar-refractivity contribution is 5.29. The van der Waals surface area contributed by atoms with Crippen LogP contribution in [-0.4, -0.2) is 24.9 Å². The minimum atomic E-state index is -0.494. The molecule has 0 spiro atoms. The number of methoxy groups -OCH3 is 1. The van der Waals surface area contributed by atoms with Gasteiger partial charge in [-0.3, -0.25) is 0 Å². The topological polar surface area (TPSA) is 41.5 Å². The van der Waals surface area contributed by atoms with Gasteiger partial charge >= 0.3 is 0 Å². The summed E-state index contributed by atoms with van der Waals surface area (Å²) in [5, 5.41) is 14.0. The monoisotopic (exact) mass is 263 g/mol. The first-order valence-corrected chi connectivity index (χ1v) is 7.20. The standard InChI is InChI=1S/C16H25NO2/c1-17-15(12-16(18)10-4-3-5-11-16)13-6-8-14(19-2)9-7-13/h6-9,15,17-18H,3-5,10-12H2,1-2H3/t15-/m1/s1. The Morgan fingerprint density at radius 1 is 1.21 bits per heavy atom. The second-order valence-electron chi connectivity index (χ2n) is 5.60. The summed E-state index contributed by atoms with van der Waals surface area (Å²) in [6, 6.07) is 8.31. The maximum atomic E-state index is 10.7. The molecule has 3 heteroatoms. The molecule has 1 atom stereocenters. The average molecular weight is 263 g/mol. The molecule has 2 N–H and O–H groups in total. The van der Waals surface area contributed by atoms with E-state index < -0.39 is 5.60 Å². The van der Waals surface area contributed by atoms with Crippen LogP contribution >= 0.6 is 0 Å². The molecule has 0 saturated heterocycles. The highest BCUT2D eigenvalue weighted by Gasteiger charge is 2.32. The van der Waals surface area contributed by atoms with E-state index in [1.807, 2.05) is 19.2 Å². The number of hydrogen-bond donors (Lipinski definition) is 2. The van der Waals surface area contributed by atoms with Gasteiger partial charge in [0.15, 0.2) is 0 Å². The van der Waals surface area contributed by atoms with Crippen LogP contribution in [0.25, 0.3) is 0 Å². The molecule has 0 amide bonds. The normalized spacial score (nSPS) is 19.9. The summed E-state index contributed by atoms with van der Waals surface area (Å²) in [5.41, 5.74) is 0.716. The van der Waals surface area contributed by atoms with E-state index in [2.05, 4.69) is 17.4 Å². The van der Waals surface area contributed by atoms with Crippen LogP contribution < -0.4 is 10.1 Å². The molecule has 0 radical (unpaired) electrons. The van der Waals surface area contributed by atoms with Crippen molar-refractivity contribution in [2.75, 3.05) is 14.2 Å². The van der Waals surface area contributed by atoms with Gasteiger partial charge < -0.3 is 15.2 Å². The third kappa shape index (κ3) is 3.71. The van der Waals surface area contributed by atoms with E-state index in [1.165, 1.54) is 12.0 Å². The van der Waals surface area contributed by atoms with Crippen molar-refractivity contribution in [2.45, 2.75) is 50.2 Å². The van der Waals surface area contributed by atoms with Crippen molar-refractivity contribution < 1.29 is 9.84 Å². The fraction of sp³-hybridized carbons (Fsp3) is 0.625. The summed E-state index contributed by atoms with van der Waals surface area (Å²) < 4.78 is 5.18. The first-order chi connectivity index (χ1) is 9.17. The number of rotatable bonds is 5. The van der Waals surface area contributed by atoms with Gasteiger partial charge in [0.1, 0.15) is 5.75 Å². The lowest BCUT2D eigenvalue weighted by Gasteiger charge is -2.35. The third-order valence-corrected chi connectivity index (χ3v) is 4.23. The Morgan fingerprint density at radius 3 is 2.37 bits per heavy atom. The fourth-order valence-electron chi connectivity index (χ4n) is 3.02. The molecule has 0 heterocycles. The molecule has 106 valence electrons. The van der Waals surface area contributed by atoms with Crippen LogP contribution in [0.4, 0.5) is 0 Å². The quantitative estimate of drug-likeness (QED) is 0.858. The highest BCUT2D eigenvalue weighted by Crippen LogP contribution is 2.35. The fourth-order valence-corrected chi connectivity index (χ4v) is 3.02. The van der Waals surface area contributed by atoms with Crippen LogP contribution in [0.2, 0.25) is 0 Å². The van der Waals surface area contributed by atoms with E-state index in [-0.39, 0.29) is 6.04 Å². The molecule has 0 bridgehead atoms. The maximum Gasteiger partial charge on any atom is 0.118 e. The van der Waals surface area contributed by atoms with Crippen molar-refractivity contribution in [3.05, 3.63) is 29.8 Å². The first-order valence-electron chi connectivity index (χ1n) is 7.20. The number of aliphatic hydroxyl groups is 1. The van der Waals surface area contributed by atoms with Gasteiger partial charge in [0.25, 0.3) is 0 Å². The summed E-state index contributed by atoms with van der Waals surface area (Å²) in [7, 11) is 3.64. The van der Waals surface area contributed by atoms with Crippen molar-refractivity contribution in [2.24, 2.45) is 0 Å². The van der Waals surface area contributed by atoms with Gasteiger partial charge in [-0.2, -0.15) is 0 Å². The van der Waals surface area contributed by atoms with Gasteiger partial charge in [-0.15, -0.1) is 0 Å². The smallest absolute Gasteiger partial charge is 0.118 e. The van der Waals surface area contributed by atoms with Gasteiger partial charge in [0.2, 0.25) is 0 Å². The molecule has 1 aromatic carbocycles. The number of benzene rings is 1. The van der Waals surface area contributed by atoms with Crippen molar-refractivity contribution >= 4 is 0 Å². The lowest BCUT2D eigenvalue weighted by molar-refractivity contribution is -0.0120. The summed E-state index contributed by atoms with van der Waals surface area (Å²) in [6.07, 6.45) is 6.21. The highest BCUT2D eigenvalue weighted by atomic mass is 16.5. The first kappa shape index (κ1) is 14.4. The molecule has 1 aliphatic rings. The van der Waals surface area contributed by atoms with Crippen LogP contribution in [0.15, 0.2) is 24.3 Å². The van der Waals surface area contributed by atoms with Crippen LogP contribution in [0.5, 0.6) is 5.75 Å². The van der Waals surface area contributed by atoms with Crippen molar-refractivity contribution in [3.8, 4) is 5.75 Å². The van der Waals surface area contributed by atoms with E-state index in [0.717, 1.165) is 37.9 Å². The molecular formula is C16H25NO2. The van der Waals surface area contributed by atoms with E-state index in [9.17, 15) is 5.11 Å². The maximum absolute atomic E-state index is 10.7. The van der Waals surface area contributed by atoms with Gasteiger partial charge in [0.05, 0.1) is 12.7 Å². The van der Waals surface area contributed by atoms with Crippen LogP contribution in [0.1, 0.15) is 50.1 Å². The van der Waals surface area contributed by atoms with Crippen molar-refractivity contribution in [3.63, 3.8) is 0 Å². The minimum Gasteiger partial charge on any atom is -0.497 e. The molecule has 1 fully saturated rings. The van der Waals surface area contributed by atoms with Crippen LogP contribution in [0.3, 0.4) is 0 Å². The van der Waals surface area contributed by atoms with E-state index in [4.69, 9.17) is 4.74 Å². The second-order valence-corrected chi connectivity index (χ2v) is 5.60. The molecule has 19 heavy (non-hydrogen) atoms. The molecule has 2 rings (SSSR count). The Hall–Kier alpha value is -1.06. The lowest BCUT2D eigenvalue weighted by atomic mass is 9.79. The van der Waals surface area contributed by atoms with Gasteiger partial charge in [-0.25, -0.2) is 0 Å². The van der Waals surface area contributed by atoms with Crippen molar-refractivity contribution in [1.29, 1.82) is 0 Å². The predicted octanol–water partition coefficient (Wildman–Crippen LogP) is 3.04. The Morgan fingerprint density at radius 2 is 1.84 bits per heavy atom. The van der Waals surface area contributed by atoms with Crippen LogP contribution in [0, 0.1) is 0 Å². The van der Waals surface area contributed by atoms with E-state index in [0.29, 0.717) is 0 Å². The Kier molecular flexibility index (Phi) is 4.83. The molecular weight excluding hydrogens is 238 g/mol. The summed E-state index contributed by atoms with van der Waals surface area (Å²) >= 11 is 0. The average Bonchev–Trinajstić information content (AvgIpc) is 2.46. The summed E-state index contributed by atoms with van der Waals surface area (Å²) in [4.78, 5) is 0. The third-order valence-electron chi connectivity index (χ3n) is 4.23. The van der Waals surface area contributed by atoms with Crippen LogP contribution in [-0.2, 0) is 0 Å². The molecule has 3 nitrogen and oxygen atoms in total. The molecule has 1 aliphatic carbocycles. The summed E-state index contributed by atoms with van der Waals surface area (Å²) in [6.45, 7) is 0. The van der Waals surface area contributed by atoms with Crippen molar-refractivity contribution in [1.82, 2.24) is 5.32 Å². The molecule has 1 aromatic rings. The zero-order valence-corrected chi connectivity index (χ0v) is 12.0. The Labute approximate surface area is 116 Å².